The average Bonchev–Trinajstić information content (AvgIpc) is 3.18. The fourth-order valence-corrected chi connectivity index (χ4v) is 3.51. The van der Waals surface area contributed by atoms with Crippen molar-refractivity contribution in [2.24, 2.45) is 0 Å². The SMILES string of the molecule is CCN(Cc1cc(CNC2CC2)sc1C)C(C)COC. The Morgan fingerprint density at radius 3 is 2.85 bits per heavy atom. The maximum absolute atomic E-state index is 5.28. The standard InChI is InChI=1S/C16H28N2OS/c1-5-18(12(2)11-19-4)10-14-8-16(20-13(14)3)9-17-15-6-7-15/h8,12,15,17H,5-7,9-11H2,1-4H3. The first kappa shape index (κ1) is 16.0. The molecule has 1 saturated carbocycles. The zero-order valence-electron chi connectivity index (χ0n) is 13.2. The van der Waals surface area contributed by atoms with Crippen LogP contribution in [-0.4, -0.2) is 37.2 Å². The molecule has 1 unspecified atom stereocenters. The van der Waals surface area contributed by atoms with E-state index < -0.39 is 0 Å². The van der Waals surface area contributed by atoms with E-state index in [0.717, 1.165) is 32.3 Å². The number of nitrogens with one attached hydrogen (secondary N) is 1. The number of likely N-dealkylation sites (N-methyl/N-ethyl adjacent to an activating group) is 1. The molecule has 0 bridgehead atoms. The Balaban J connectivity index is 1.92. The van der Waals surface area contributed by atoms with Crippen LogP contribution in [0.25, 0.3) is 0 Å². The second kappa shape index (κ2) is 7.55. The quantitative estimate of drug-likeness (QED) is 0.757. The Bertz CT molecular complexity index is 415. The molecule has 1 heterocycles. The summed E-state index contributed by atoms with van der Waals surface area (Å²) in [5, 5.41) is 3.60. The van der Waals surface area contributed by atoms with Gasteiger partial charge in [0.2, 0.25) is 0 Å². The molecule has 0 aliphatic heterocycles. The van der Waals surface area contributed by atoms with E-state index in [1.165, 1.54) is 28.2 Å². The van der Waals surface area contributed by atoms with Gasteiger partial charge in [0.15, 0.2) is 0 Å². The van der Waals surface area contributed by atoms with Crippen molar-refractivity contribution in [3.63, 3.8) is 0 Å². The largest absolute Gasteiger partial charge is 0.383 e. The van der Waals surface area contributed by atoms with Crippen molar-refractivity contribution >= 4 is 11.3 Å². The molecule has 1 aliphatic rings. The molecule has 114 valence electrons. The Kier molecular flexibility index (Phi) is 6.02. The summed E-state index contributed by atoms with van der Waals surface area (Å²) >= 11 is 1.94. The number of ether oxygens (including phenoxy) is 1. The first-order valence-corrected chi connectivity index (χ1v) is 8.50. The van der Waals surface area contributed by atoms with Gasteiger partial charge in [-0.3, -0.25) is 4.90 Å². The summed E-state index contributed by atoms with van der Waals surface area (Å²) in [5.41, 5.74) is 1.48. The molecule has 1 aromatic heterocycles. The van der Waals surface area contributed by atoms with Gasteiger partial charge < -0.3 is 10.1 Å². The molecule has 0 spiro atoms. The number of aryl methyl sites for hydroxylation is 1. The van der Waals surface area contributed by atoms with E-state index in [4.69, 9.17) is 4.74 Å². The summed E-state index contributed by atoms with van der Waals surface area (Å²) in [6.07, 6.45) is 2.71. The number of nitrogens with zero attached hydrogens (tertiary/aromatic N) is 1. The van der Waals surface area contributed by atoms with Crippen LogP contribution >= 0.6 is 11.3 Å². The Labute approximate surface area is 127 Å². The van der Waals surface area contributed by atoms with Gasteiger partial charge in [0.25, 0.3) is 0 Å². The van der Waals surface area contributed by atoms with Crippen molar-refractivity contribution in [3.8, 4) is 0 Å². The van der Waals surface area contributed by atoms with Crippen LogP contribution in [0.3, 0.4) is 0 Å². The van der Waals surface area contributed by atoms with Crippen LogP contribution < -0.4 is 5.32 Å². The molecule has 2 rings (SSSR count). The second-order valence-corrected chi connectivity index (χ2v) is 7.16. The van der Waals surface area contributed by atoms with Crippen LogP contribution in [0.5, 0.6) is 0 Å². The highest BCUT2D eigenvalue weighted by Crippen LogP contribution is 2.25. The number of hydrogen-bond donors (Lipinski definition) is 1. The molecule has 1 N–H and O–H groups in total. The molecular formula is C16H28N2OS. The molecule has 20 heavy (non-hydrogen) atoms. The maximum atomic E-state index is 5.28. The van der Waals surface area contributed by atoms with Crippen LogP contribution in [-0.2, 0) is 17.8 Å². The minimum atomic E-state index is 0.470. The Morgan fingerprint density at radius 1 is 1.50 bits per heavy atom. The van der Waals surface area contributed by atoms with Gasteiger partial charge in [-0.25, -0.2) is 0 Å². The molecule has 1 atom stereocenters. The zero-order valence-corrected chi connectivity index (χ0v) is 14.1. The molecule has 1 aromatic rings. The van der Waals surface area contributed by atoms with Gasteiger partial charge >= 0.3 is 0 Å². The Hall–Kier alpha value is -0.420. The van der Waals surface area contributed by atoms with E-state index in [2.05, 4.69) is 37.1 Å². The number of thiophene rings is 1. The lowest BCUT2D eigenvalue weighted by molar-refractivity contribution is 0.0981. The normalized spacial score (nSPS) is 16.9. The molecule has 0 saturated heterocycles. The minimum absolute atomic E-state index is 0.470. The fraction of sp³-hybridized carbons (Fsp3) is 0.750. The first-order valence-electron chi connectivity index (χ1n) is 7.68. The van der Waals surface area contributed by atoms with Gasteiger partial charge in [0.05, 0.1) is 6.61 Å². The van der Waals surface area contributed by atoms with Crippen molar-refractivity contribution < 1.29 is 4.74 Å². The summed E-state index contributed by atoms with van der Waals surface area (Å²) in [6.45, 7) is 10.6. The number of rotatable bonds is 9. The highest BCUT2D eigenvalue weighted by atomic mass is 32.1. The zero-order chi connectivity index (χ0) is 14.5. The van der Waals surface area contributed by atoms with E-state index in [1.54, 1.807) is 7.11 Å². The summed E-state index contributed by atoms with van der Waals surface area (Å²) in [5.74, 6) is 0. The average molecular weight is 296 g/mol. The lowest BCUT2D eigenvalue weighted by atomic mass is 10.2. The van der Waals surface area contributed by atoms with Gasteiger partial charge in [-0.15, -0.1) is 11.3 Å². The molecule has 0 amide bonds. The summed E-state index contributed by atoms with van der Waals surface area (Å²) in [6, 6.07) is 3.64. The molecular weight excluding hydrogens is 268 g/mol. The molecule has 1 fully saturated rings. The monoisotopic (exact) mass is 296 g/mol. The van der Waals surface area contributed by atoms with Gasteiger partial charge in [-0.2, -0.15) is 0 Å². The highest BCUT2D eigenvalue weighted by molar-refractivity contribution is 7.12. The predicted octanol–water partition coefficient (Wildman–Crippen LogP) is 3.17. The molecule has 0 radical (unpaired) electrons. The first-order chi connectivity index (χ1) is 9.63. The van der Waals surface area contributed by atoms with Crippen molar-refractivity contribution in [3.05, 3.63) is 21.4 Å². The van der Waals surface area contributed by atoms with E-state index in [1.807, 2.05) is 11.3 Å². The lowest BCUT2D eigenvalue weighted by Crippen LogP contribution is -2.35. The highest BCUT2D eigenvalue weighted by Gasteiger charge is 2.21. The van der Waals surface area contributed by atoms with Crippen molar-refractivity contribution in [1.29, 1.82) is 0 Å². The number of methoxy groups -OCH3 is 1. The third-order valence-electron chi connectivity index (χ3n) is 4.02. The van der Waals surface area contributed by atoms with Crippen molar-refractivity contribution in [2.45, 2.75) is 58.8 Å². The van der Waals surface area contributed by atoms with Crippen LogP contribution in [0, 0.1) is 6.92 Å². The van der Waals surface area contributed by atoms with Crippen LogP contribution in [0.2, 0.25) is 0 Å². The van der Waals surface area contributed by atoms with Crippen molar-refractivity contribution in [1.82, 2.24) is 10.2 Å². The van der Waals surface area contributed by atoms with Gasteiger partial charge in [-0.1, -0.05) is 6.92 Å². The fourth-order valence-electron chi connectivity index (χ4n) is 2.51. The summed E-state index contributed by atoms with van der Waals surface area (Å²) < 4.78 is 5.28. The van der Waals surface area contributed by atoms with E-state index >= 15 is 0 Å². The van der Waals surface area contributed by atoms with Crippen molar-refractivity contribution in [2.75, 3.05) is 20.3 Å². The van der Waals surface area contributed by atoms with E-state index in [-0.39, 0.29) is 0 Å². The minimum Gasteiger partial charge on any atom is -0.383 e. The maximum Gasteiger partial charge on any atom is 0.0615 e. The van der Waals surface area contributed by atoms with Gasteiger partial charge in [0.1, 0.15) is 0 Å². The third kappa shape index (κ3) is 4.55. The summed E-state index contributed by atoms with van der Waals surface area (Å²) in [7, 11) is 1.78. The summed E-state index contributed by atoms with van der Waals surface area (Å²) in [4.78, 5) is 5.41. The molecule has 1 aliphatic carbocycles. The smallest absolute Gasteiger partial charge is 0.0615 e. The second-order valence-electron chi connectivity index (χ2n) is 5.82. The van der Waals surface area contributed by atoms with Crippen LogP contribution in [0.4, 0.5) is 0 Å². The molecule has 4 heteroatoms. The predicted molar refractivity (Wildman–Crippen MR) is 86.3 cm³/mol. The topological polar surface area (TPSA) is 24.5 Å². The third-order valence-corrected chi connectivity index (χ3v) is 5.12. The van der Waals surface area contributed by atoms with Gasteiger partial charge in [-0.05, 0) is 44.9 Å². The van der Waals surface area contributed by atoms with Gasteiger partial charge in [0, 0.05) is 42.0 Å². The van der Waals surface area contributed by atoms with Crippen LogP contribution in [0.15, 0.2) is 6.07 Å². The van der Waals surface area contributed by atoms with E-state index in [0.29, 0.717) is 6.04 Å². The lowest BCUT2D eigenvalue weighted by Gasteiger charge is -2.27. The van der Waals surface area contributed by atoms with Crippen LogP contribution in [0.1, 0.15) is 42.0 Å². The number of hydrogen-bond acceptors (Lipinski definition) is 4. The van der Waals surface area contributed by atoms with E-state index in [9.17, 15) is 0 Å². The molecule has 0 aromatic carbocycles. The molecule has 3 nitrogen and oxygen atoms in total. The Morgan fingerprint density at radius 2 is 2.25 bits per heavy atom.